The number of carbonyl (C=O) groups is 1. The second-order valence-electron chi connectivity index (χ2n) is 4.38. The van der Waals surface area contributed by atoms with Crippen molar-refractivity contribution in [2.24, 2.45) is 0 Å². The first kappa shape index (κ1) is 11.2. The van der Waals surface area contributed by atoms with Gasteiger partial charge in [-0.3, -0.25) is 4.40 Å². The van der Waals surface area contributed by atoms with Crippen molar-refractivity contribution in [1.29, 1.82) is 0 Å². The van der Waals surface area contributed by atoms with Gasteiger partial charge in [0.25, 0.3) is 0 Å². The minimum atomic E-state index is -0.989. The smallest absolute Gasteiger partial charge is 0.339 e. The molecule has 0 bridgehead atoms. The summed E-state index contributed by atoms with van der Waals surface area (Å²) in [5.74, 6) is -0.239. The molecule has 2 aromatic rings. The van der Waals surface area contributed by atoms with Gasteiger partial charge < -0.3 is 9.84 Å². The third-order valence-electron chi connectivity index (χ3n) is 3.17. The summed E-state index contributed by atoms with van der Waals surface area (Å²) in [4.78, 5) is 11.1. The maximum atomic E-state index is 11.1. The van der Waals surface area contributed by atoms with Gasteiger partial charge in [-0.25, -0.2) is 4.79 Å². The fourth-order valence-corrected chi connectivity index (χ4v) is 2.28. The molecule has 0 spiro atoms. The van der Waals surface area contributed by atoms with Gasteiger partial charge >= 0.3 is 5.97 Å². The first-order chi connectivity index (χ1) is 8.75. The lowest BCUT2D eigenvalue weighted by Gasteiger charge is -2.07. The van der Waals surface area contributed by atoms with E-state index in [0.717, 1.165) is 25.3 Å². The van der Waals surface area contributed by atoms with Crippen LogP contribution in [0.2, 0.25) is 0 Å². The molecule has 2 aromatic heterocycles. The second-order valence-corrected chi connectivity index (χ2v) is 4.38. The summed E-state index contributed by atoms with van der Waals surface area (Å²) in [5, 5.41) is 17.1. The number of pyridine rings is 1. The molecule has 6 nitrogen and oxygen atoms in total. The molecule has 0 radical (unpaired) electrons. The standard InChI is InChI=1S/C12H13N3O3/c16-12(17)9-4-1-5-15-10(13-14-11(9)15)7-8-3-2-6-18-8/h1,4-5,8H,2-3,6-7H2,(H,16,17). The summed E-state index contributed by atoms with van der Waals surface area (Å²) in [7, 11) is 0. The zero-order chi connectivity index (χ0) is 12.5. The Hall–Kier alpha value is -1.95. The fourth-order valence-electron chi connectivity index (χ4n) is 2.28. The van der Waals surface area contributed by atoms with Crippen LogP contribution in [0.3, 0.4) is 0 Å². The van der Waals surface area contributed by atoms with Gasteiger partial charge in [0, 0.05) is 19.2 Å². The largest absolute Gasteiger partial charge is 0.478 e. The summed E-state index contributed by atoms with van der Waals surface area (Å²) in [6, 6.07) is 3.22. The van der Waals surface area contributed by atoms with Crippen LogP contribution in [0.4, 0.5) is 0 Å². The zero-order valence-electron chi connectivity index (χ0n) is 9.74. The van der Waals surface area contributed by atoms with Gasteiger partial charge in [0.05, 0.1) is 6.10 Å². The van der Waals surface area contributed by atoms with E-state index in [0.29, 0.717) is 12.1 Å². The highest BCUT2D eigenvalue weighted by Crippen LogP contribution is 2.17. The quantitative estimate of drug-likeness (QED) is 0.880. The highest BCUT2D eigenvalue weighted by Gasteiger charge is 2.20. The van der Waals surface area contributed by atoms with E-state index in [2.05, 4.69) is 10.2 Å². The molecule has 1 aliphatic rings. The number of carboxylic acid groups (broad SMARTS) is 1. The van der Waals surface area contributed by atoms with E-state index in [1.165, 1.54) is 6.07 Å². The van der Waals surface area contributed by atoms with Crippen LogP contribution in [0, 0.1) is 0 Å². The molecule has 1 unspecified atom stereocenters. The summed E-state index contributed by atoms with van der Waals surface area (Å²) in [5.41, 5.74) is 0.557. The molecule has 0 aliphatic carbocycles. The van der Waals surface area contributed by atoms with E-state index < -0.39 is 5.97 Å². The van der Waals surface area contributed by atoms with Crippen LogP contribution in [-0.2, 0) is 11.2 Å². The van der Waals surface area contributed by atoms with Crippen LogP contribution in [-0.4, -0.2) is 38.4 Å². The Kier molecular flexibility index (Phi) is 2.71. The molecule has 3 rings (SSSR count). The topological polar surface area (TPSA) is 76.7 Å². The lowest BCUT2D eigenvalue weighted by Crippen LogP contribution is -2.11. The predicted molar refractivity (Wildman–Crippen MR) is 62.6 cm³/mol. The predicted octanol–water partition coefficient (Wildman–Crippen LogP) is 1.15. The number of hydrogen-bond acceptors (Lipinski definition) is 4. The van der Waals surface area contributed by atoms with Gasteiger partial charge in [0.15, 0.2) is 5.65 Å². The number of ether oxygens (including phenoxy) is 1. The number of rotatable bonds is 3. The van der Waals surface area contributed by atoms with Crippen LogP contribution < -0.4 is 0 Å². The third kappa shape index (κ3) is 1.84. The summed E-state index contributed by atoms with van der Waals surface area (Å²) < 4.78 is 7.28. The normalized spacial score (nSPS) is 19.4. The van der Waals surface area contributed by atoms with Crippen molar-refractivity contribution in [1.82, 2.24) is 14.6 Å². The molecule has 1 N–H and O–H groups in total. The van der Waals surface area contributed by atoms with Crippen molar-refractivity contribution in [2.75, 3.05) is 6.61 Å². The zero-order valence-corrected chi connectivity index (χ0v) is 9.74. The van der Waals surface area contributed by atoms with E-state index >= 15 is 0 Å². The van der Waals surface area contributed by atoms with E-state index in [1.54, 1.807) is 16.7 Å². The van der Waals surface area contributed by atoms with Crippen molar-refractivity contribution in [3.05, 3.63) is 29.7 Å². The Morgan fingerprint density at radius 3 is 3.17 bits per heavy atom. The molecule has 0 aromatic carbocycles. The maximum absolute atomic E-state index is 11.1. The second kappa shape index (κ2) is 4.38. The molecule has 1 saturated heterocycles. The fraction of sp³-hybridized carbons (Fsp3) is 0.417. The Balaban J connectivity index is 1.98. The van der Waals surface area contributed by atoms with Crippen molar-refractivity contribution in [3.8, 4) is 0 Å². The third-order valence-corrected chi connectivity index (χ3v) is 3.17. The molecule has 1 atom stereocenters. The van der Waals surface area contributed by atoms with Crippen LogP contribution in [0.1, 0.15) is 29.0 Å². The Labute approximate surface area is 103 Å². The van der Waals surface area contributed by atoms with Gasteiger partial charge in [0.1, 0.15) is 11.4 Å². The Bertz CT molecular complexity index is 587. The van der Waals surface area contributed by atoms with E-state index in [9.17, 15) is 4.79 Å². The molecule has 6 heteroatoms. The maximum Gasteiger partial charge on any atom is 0.339 e. The molecule has 94 valence electrons. The van der Waals surface area contributed by atoms with Gasteiger partial charge in [-0.15, -0.1) is 10.2 Å². The number of carboxylic acids is 1. The number of hydrogen-bond donors (Lipinski definition) is 1. The van der Waals surface area contributed by atoms with Crippen molar-refractivity contribution < 1.29 is 14.6 Å². The molecule has 0 amide bonds. The number of nitrogens with zero attached hydrogens (tertiary/aromatic N) is 3. The lowest BCUT2D eigenvalue weighted by molar-refractivity contribution is 0.0698. The van der Waals surface area contributed by atoms with Crippen LogP contribution in [0.25, 0.3) is 5.65 Å². The molecule has 3 heterocycles. The number of aromatic nitrogens is 3. The van der Waals surface area contributed by atoms with E-state index in [4.69, 9.17) is 9.84 Å². The Morgan fingerprint density at radius 2 is 2.44 bits per heavy atom. The Morgan fingerprint density at radius 1 is 1.56 bits per heavy atom. The molecular weight excluding hydrogens is 234 g/mol. The van der Waals surface area contributed by atoms with Crippen LogP contribution >= 0.6 is 0 Å². The van der Waals surface area contributed by atoms with E-state index in [1.807, 2.05) is 0 Å². The van der Waals surface area contributed by atoms with Crippen LogP contribution in [0.5, 0.6) is 0 Å². The minimum Gasteiger partial charge on any atom is -0.478 e. The van der Waals surface area contributed by atoms with Crippen LogP contribution in [0.15, 0.2) is 18.3 Å². The monoisotopic (exact) mass is 247 g/mol. The molecule has 0 saturated carbocycles. The SMILES string of the molecule is O=C(O)c1cccn2c(CC3CCCO3)nnc12. The summed E-state index contributed by atoms with van der Waals surface area (Å²) in [6.07, 6.45) is 4.72. The molecular formula is C12H13N3O3. The molecule has 1 aliphatic heterocycles. The summed E-state index contributed by atoms with van der Waals surface area (Å²) in [6.45, 7) is 0.793. The van der Waals surface area contributed by atoms with E-state index in [-0.39, 0.29) is 11.7 Å². The van der Waals surface area contributed by atoms with Gasteiger partial charge in [-0.1, -0.05) is 0 Å². The minimum absolute atomic E-state index is 0.170. The number of aromatic carboxylic acids is 1. The first-order valence-corrected chi connectivity index (χ1v) is 5.93. The summed E-state index contributed by atoms with van der Waals surface area (Å²) >= 11 is 0. The average molecular weight is 247 g/mol. The average Bonchev–Trinajstić information content (AvgIpc) is 2.99. The highest BCUT2D eigenvalue weighted by atomic mass is 16.5. The van der Waals surface area contributed by atoms with Gasteiger partial charge in [-0.2, -0.15) is 0 Å². The van der Waals surface area contributed by atoms with Crippen molar-refractivity contribution in [3.63, 3.8) is 0 Å². The lowest BCUT2D eigenvalue weighted by atomic mass is 10.2. The van der Waals surface area contributed by atoms with Crippen molar-refractivity contribution in [2.45, 2.75) is 25.4 Å². The van der Waals surface area contributed by atoms with Crippen molar-refractivity contribution >= 4 is 11.6 Å². The van der Waals surface area contributed by atoms with Gasteiger partial charge in [-0.05, 0) is 25.0 Å². The van der Waals surface area contributed by atoms with Gasteiger partial charge in [0.2, 0.25) is 0 Å². The molecule has 1 fully saturated rings. The highest BCUT2D eigenvalue weighted by molar-refractivity contribution is 5.94. The first-order valence-electron chi connectivity index (χ1n) is 5.93. The number of fused-ring (bicyclic) bond motifs is 1. The molecule has 18 heavy (non-hydrogen) atoms.